The van der Waals surface area contributed by atoms with Crippen molar-refractivity contribution in [2.75, 3.05) is 0 Å². The normalized spacial score (nSPS) is 11.2. The summed E-state index contributed by atoms with van der Waals surface area (Å²) in [7, 11) is 0. The first-order valence-corrected chi connectivity index (χ1v) is 9.06. The molecule has 5 heteroatoms. The summed E-state index contributed by atoms with van der Waals surface area (Å²) < 4.78 is 0. The van der Waals surface area contributed by atoms with Gasteiger partial charge in [0, 0.05) is 17.0 Å². The number of carboxylic acid groups (broad SMARTS) is 1. The zero-order chi connectivity index (χ0) is 20.0. The van der Waals surface area contributed by atoms with Gasteiger partial charge in [-0.15, -0.1) is 0 Å². The molecule has 0 radical (unpaired) electrons. The number of aryl methyl sites for hydroxylation is 3. The van der Waals surface area contributed by atoms with E-state index >= 15 is 0 Å². The maximum Gasteiger partial charge on any atom is 0.307 e. The fourth-order valence-corrected chi connectivity index (χ4v) is 3.94. The fourth-order valence-electron chi connectivity index (χ4n) is 3.94. The van der Waals surface area contributed by atoms with E-state index in [1.54, 1.807) is 6.20 Å². The monoisotopic (exact) mass is 372 g/mol. The lowest BCUT2D eigenvalue weighted by atomic mass is 9.86. The van der Waals surface area contributed by atoms with Gasteiger partial charge in [0.25, 0.3) is 0 Å². The summed E-state index contributed by atoms with van der Waals surface area (Å²) >= 11 is 0. The van der Waals surface area contributed by atoms with Gasteiger partial charge in [-0.05, 0) is 54.7 Å². The van der Waals surface area contributed by atoms with Crippen LogP contribution in [0.1, 0.15) is 22.3 Å². The minimum absolute atomic E-state index is 0.112. The van der Waals surface area contributed by atoms with Crippen LogP contribution in [0.15, 0.2) is 42.6 Å². The molecule has 0 unspecified atom stereocenters. The average Bonchev–Trinajstić information content (AvgIpc) is 2.67. The minimum atomic E-state index is -0.901. The van der Waals surface area contributed by atoms with Crippen molar-refractivity contribution in [3.8, 4) is 17.0 Å². The Labute approximate surface area is 162 Å². The first-order valence-electron chi connectivity index (χ1n) is 9.06. The van der Waals surface area contributed by atoms with Crippen molar-refractivity contribution < 1.29 is 15.0 Å². The molecule has 0 aliphatic rings. The summed E-state index contributed by atoms with van der Waals surface area (Å²) in [5.74, 6) is -1.04. The lowest BCUT2D eigenvalue weighted by Crippen LogP contribution is -2.07. The SMILES string of the molecule is Cc1ccc(-c2c(CC(=O)O)c(C)c3nc(O)c4ncccc4c3c2C)cc1. The van der Waals surface area contributed by atoms with Crippen molar-refractivity contribution in [3.05, 3.63) is 64.8 Å². The molecule has 0 spiro atoms. The van der Waals surface area contributed by atoms with E-state index in [0.29, 0.717) is 11.0 Å². The predicted molar refractivity (Wildman–Crippen MR) is 110 cm³/mol. The van der Waals surface area contributed by atoms with Crippen LogP contribution in [-0.2, 0) is 11.2 Å². The molecule has 4 aromatic rings. The molecule has 0 saturated carbocycles. The summed E-state index contributed by atoms with van der Waals surface area (Å²) in [4.78, 5) is 20.3. The highest BCUT2D eigenvalue weighted by Crippen LogP contribution is 2.40. The topological polar surface area (TPSA) is 83.3 Å². The molecule has 4 rings (SSSR count). The van der Waals surface area contributed by atoms with Crippen LogP contribution in [0.2, 0.25) is 0 Å². The Morgan fingerprint density at radius 1 is 1.00 bits per heavy atom. The van der Waals surface area contributed by atoms with Gasteiger partial charge < -0.3 is 10.2 Å². The van der Waals surface area contributed by atoms with Crippen LogP contribution < -0.4 is 0 Å². The third-order valence-corrected chi connectivity index (χ3v) is 5.27. The van der Waals surface area contributed by atoms with Gasteiger partial charge in [0.1, 0.15) is 5.52 Å². The molecule has 28 heavy (non-hydrogen) atoms. The lowest BCUT2D eigenvalue weighted by molar-refractivity contribution is -0.136. The number of hydrogen-bond donors (Lipinski definition) is 2. The Morgan fingerprint density at radius 3 is 2.39 bits per heavy atom. The van der Waals surface area contributed by atoms with E-state index in [1.807, 2.05) is 57.2 Å². The molecule has 0 atom stereocenters. The minimum Gasteiger partial charge on any atom is -0.492 e. The van der Waals surface area contributed by atoms with E-state index in [4.69, 9.17) is 0 Å². The van der Waals surface area contributed by atoms with Crippen molar-refractivity contribution in [2.24, 2.45) is 0 Å². The molecule has 0 amide bonds. The number of nitrogens with zero attached hydrogens (tertiary/aromatic N) is 2. The molecule has 140 valence electrons. The molecule has 0 aliphatic heterocycles. The number of aromatic nitrogens is 2. The molecular weight excluding hydrogens is 352 g/mol. The van der Waals surface area contributed by atoms with Crippen LogP contribution in [0.3, 0.4) is 0 Å². The number of carbonyl (C=O) groups is 1. The third kappa shape index (κ3) is 2.76. The first-order chi connectivity index (χ1) is 13.4. The van der Waals surface area contributed by atoms with Crippen molar-refractivity contribution in [2.45, 2.75) is 27.2 Å². The van der Waals surface area contributed by atoms with Crippen molar-refractivity contribution in [1.29, 1.82) is 0 Å². The van der Waals surface area contributed by atoms with E-state index in [2.05, 4.69) is 9.97 Å². The second kappa shape index (κ2) is 6.60. The van der Waals surface area contributed by atoms with Gasteiger partial charge in [0.15, 0.2) is 0 Å². The smallest absolute Gasteiger partial charge is 0.307 e. The number of aromatic hydroxyl groups is 1. The number of rotatable bonds is 3. The largest absolute Gasteiger partial charge is 0.492 e. The molecule has 5 nitrogen and oxygen atoms in total. The zero-order valence-electron chi connectivity index (χ0n) is 15.9. The van der Waals surface area contributed by atoms with Crippen LogP contribution >= 0.6 is 0 Å². The summed E-state index contributed by atoms with van der Waals surface area (Å²) in [6, 6.07) is 11.8. The van der Waals surface area contributed by atoms with Gasteiger partial charge in [0.05, 0.1) is 11.9 Å². The maximum absolute atomic E-state index is 11.6. The van der Waals surface area contributed by atoms with Crippen molar-refractivity contribution in [3.63, 3.8) is 0 Å². The van der Waals surface area contributed by atoms with Gasteiger partial charge in [-0.2, -0.15) is 0 Å². The number of pyridine rings is 2. The molecule has 0 saturated heterocycles. The quantitative estimate of drug-likeness (QED) is 0.509. The molecule has 2 aromatic carbocycles. The number of carboxylic acids is 1. The number of aliphatic carboxylic acids is 1. The lowest BCUT2D eigenvalue weighted by Gasteiger charge is -2.19. The highest BCUT2D eigenvalue weighted by Gasteiger charge is 2.22. The van der Waals surface area contributed by atoms with E-state index in [-0.39, 0.29) is 12.3 Å². The first kappa shape index (κ1) is 17.9. The highest BCUT2D eigenvalue weighted by molar-refractivity contribution is 6.11. The predicted octanol–water partition coefficient (Wildman–Crippen LogP) is 4.71. The summed E-state index contributed by atoms with van der Waals surface area (Å²) in [5.41, 5.74) is 6.49. The van der Waals surface area contributed by atoms with E-state index < -0.39 is 5.97 Å². The Hall–Kier alpha value is -3.47. The molecule has 2 aromatic heterocycles. The standard InChI is InChI=1S/C23H20N2O3/c1-12-6-8-15(9-7-12)19-14(3)20-16-5-4-10-24-22(16)23(28)25-21(20)13(2)17(19)11-18(26)27/h4-10H,11H2,1-3H3,(H,25,28)(H,26,27). The van der Waals surface area contributed by atoms with Crippen LogP contribution in [0.5, 0.6) is 5.88 Å². The van der Waals surface area contributed by atoms with Gasteiger partial charge in [-0.3, -0.25) is 9.78 Å². The summed E-state index contributed by atoms with van der Waals surface area (Å²) in [6.07, 6.45) is 1.51. The second-order valence-corrected chi connectivity index (χ2v) is 7.10. The summed E-state index contributed by atoms with van der Waals surface area (Å²) in [5, 5.41) is 21.6. The van der Waals surface area contributed by atoms with Crippen LogP contribution in [0, 0.1) is 20.8 Å². The van der Waals surface area contributed by atoms with Gasteiger partial charge >= 0.3 is 5.97 Å². The maximum atomic E-state index is 11.6. The van der Waals surface area contributed by atoms with Gasteiger partial charge in [0.2, 0.25) is 5.88 Å². The zero-order valence-corrected chi connectivity index (χ0v) is 15.9. The number of fused-ring (bicyclic) bond motifs is 3. The number of hydrogen-bond acceptors (Lipinski definition) is 4. The third-order valence-electron chi connectivity index (χ3n) is 5.27. The molecule has 0 bridgehead atoms. The van der Waals surface area contributed by atoms with E-state index in [9.17, 15) is 15.0 Å². The van der Waals surface area contributed by atoms with Crippen LogP contribution in [0.4, 0.5) is 0 Å². The molecular formula is C23H20N2O3. The Balaban J connectivity index is 2.21. The molecule has 2 heterocycles. The highest BCUT2D eigenvalue weighted by atomic mass is 16.4. The Bertz CT molecular complexity index is 1240. The van der Waals surface area contributed by atoms with E-state index in [0.717, 1.165) is 44.2 Å². The molecule has 0 fully saturated rings. The van der Waals surface area contributed by atoms with Crippen molar-refractivity contribution in [1.82, 2.24) is 9.97 Å². The average molecular weight is 372 g/mol. The molecule has 2 N–H and O–H groups in total. The van der Waals surface area contributed by atoms with Crippen LogP contribution in [0.25, 0.3) is 32.9 Å². The van der Waals surface area contributed by atoms with E-state index in [1.165, 1.54) is 0 Å². The Morgan fingerprint density at radius 2 is 1.71 bits per heavy atom. The van der Waals surface area contributed by atoms with Crippen LogP contribution in [-0.4, -0.2) is 26.2 Å². The fraction of sp³-hybridized carbons (Fsp3) is 0.174. The van der Waals surface area contributed by atoms with Gasteiger partial charge in [-0.25, -0.2) is 4.98 Å². The van der Waals surface area contributed by atoms with Gasteiger partial charge in [-0.1, -0.05) is 35.9 Å². The van der Waals surface area contributed by atoms with Crippen molar-refractivity contribution >= 4 is 27.8 Å². The summed E-state index contributed by atoms with van der Waals surface area (Å²) in [6.45, 7) is 5.87. The Kier molecular flexibility index (Phi) is 4.23. The molecule has 0 aliphatic carbocycles. The number of benzene rings is 2. The second-order valence-electron chi connectivity index (χ2n) is 7.10.